The maximum Gasteiger partial charge on any atom is 0.328 e. The molecule has 23 nitrogen and oxygen atoms in total. The van der Waals surface area contributed by atoms with Crippen molar-refractivity contribution in [3.05, 3.63) is 29.8 Å². The lowest BCUT2D eigenvalue weighted by Crippen LogP contribution is -2.64. The van der Waals surface area contributed by atoms with E-state index in [-0.39, 0.29) is 12.2 Å². The quantitative estimate of drug-likeness (QED) is 0.0468. The van der Waals surface area contributed by atoms with Gasteiger partial charge in [-0.15, -0.1) is 0 Å². The normalized spacial score (nSPS) is 21.9. The van der Waals surface area contributed by atoms with Gasteiger partial charge >= 0.3 is 29.8 Å². The topological polar surface area (TPSA) is 358 Å². The molecule has 0 aromatic heterocycles. The summed E-state index contributed by atoms with van der Waals surface area (Å²) in [7, 11) is 0. The third-order valence-electron chi connectivity index (χ3n) is 8.20. The van der Waals surface area contributed by atoms with Crippen LogP contribution in [0.2, 0.25) is 0 Å². The lowest BCUT2D eigenvalue weighted by Gasteiger charge is -2.44. The highest BCUT2D eigenvalue weighted by atomic mass is 16.7. The first-order chi connectivity index (χ1) is 27.0. The number of amides is 4. The van der Waals surface area contributed by atoms with Crippen molar-refractivity contribution in [2.75, 3.05) is 6.61 Å². The number of hydrogen-bond acceptors (Lipinski definition) is 18. The fourth-order valence-electron chi connectivity index (χ4n) is 5.48. The minimum atomic E-state index is -1.80. The summed E-state index contributed by atoms with van der Waals surface area (Å²) in [6, 6.07) is -1.53. The number of carboxylic acid groups (broad SMARTS) is 1. The van der Waals surface area contributed by atoms with Crippen LogP contribution in [0.3, 0.4) is 0 Å². The Balaban J connectivity index is 2.39. The molecule has 10 N–H and O–H groups in total. The number of aromatic hydroxyl groups is 1. The number of aliphatic carboxylic acids is 1. The predicted molar refractivity (Wildman–Crippen MR) is 191 cm³/mol. The third-order valence-corrected chi connectivity index (χ3v) is 8.20. The molecule has 1 heterocycles. The number of primary amides is 1. The van der Waals surface area contributed by atoms with Crippen LogP contribution in [0.1, 0.15) is 53.5 Å². The van der Waals surface area contributed by atoms with E-state index in [0.29, 0.717) is 5.56 Å². The van der Waals surface area contributed by atoms with Crippen LogP contribution in [0, 0.1) is 0 Å². The number of carbonyl (C=O) groups is 9. The van der Waals surface area contributed by atoms with Crippen molar-refractivity contribution in [3.63, 3.8) is 0 Å². The summed E-state index contributed by atoms with van der Waals surface area (Å²) < 4.78 is 32.7. The van der Waals surface area contributed by atoms with Crippen molar-refractivity contribution >= 4 is 53.5 Å². The van der Waals surface area contributed by atoms with Gasteiger partial charge in [0.05, 0.1) is 18.6 Å². The van der Waals surface area contributed by atoms with E-state index in [1.54, 1.807) is 0 Å². The fraction of sp³-hybridized carbons (Fsp3) is 0.571. The van der Waals surface area contributed by atoms with Crippen LogP contribution in [-0.2, 0) is 78.0 Å². The van der Waals surface area contributed by atoms with Crippen LogP contribution in [0.25, 0.3) is 0 Å². The summed E-state index contributed by atoms with van der Waals surface area (Å²) in [6.45, 7) is 5.88. The van der Waals surface area contributed by atoms with Crippen molar-refractivity contribution in [2.45, 2.75) is 121 Å². The van der Waals surface area contributed by atoms with Gasteiger partial charge in [0, 0.05) is 34.1 Å². The molecule has 0 unspecified atom stereocenters. The van der Waals surface area contributed by atoms with Gasteiger partial charge in [-0.1, -0.05) is 12.1 Å². The first-order valence-electron chi connectivity index (χ1n) is 17.6. The summed E-state index contributed by atoms with van der Waals surface area (Å²) in [6.07, 6.45) is -12.1. The zero-order chi connectivity index (χ0) is 44.0. The number of nitrogens with two attached hydrogens (primary N) is 2. The minimum Gasteiger partial charge on any atom is -0.508 e. The lowest BCUT2D eigenvalue weighted by atomic mass is 9.98. The SMILES string of the molecule is CC(=O)OC[C@H]1O[C@@H](O[C@H](C)[C@H](N)C(=O)N[C@@H](CC(N)=O)C(=O)N[C@@H](Cc2ccc(O)cc2)C(=O)N[C@H](C(=O)O)[C@@H](C)O)[C@H](OC(C)=O)[C@@H](OC(C)=O)[C@@H]1OC(C)=O. The van der Waals surface area contributed by atoms with Gasteiger partial charge in [0.25, 0.3) is 0 Å². The van der Waals surface area contributed by atoms with Crippen molar-refractivity contribution in [1.82, 2.24) is 16.0 Å². The highest BCUT2D eigenvalue weighted by molar-refractivity contribution is 5.96. The van der Waals surface area contributed by atoms with Crippen LogP contribution in [0.15, 0.2) is 24.3 Å². The number of rotatable bonds is 20. The largest absolute Gasteiger partial charge is 0.508 e. The van der Waals surface area contributed by atoms with Gasteiger partial charge in [-0.25, -0.2) is 4.79 Å². The first-order valence-corrected chi connectivity index (χ1v) is 17.6. The number of phenolic OH excluding ortho intramolecular Hbond substituents is 1. The maximum atomic E-state index is 13.6. The molecule has 1 aromatic carbocycles. The zero-order valence-corrected chi connectivity index (χ0v) is 32.4. The summed E-state index contributed by atoms with van der Waals surface area (Å²) >= 11 is 0. The Morgan fingerprint density at radius 1 is 0.759 bits per heavy atom. The fourth-order valence-corrected chi connectivity index (χ4v) is 5.48. The van der Waals surface area contributed by atoms with E-state index in [9.17, 15) is 58.5 Å². The number of phenols is 1. The summed E-state index contributed by atoms with van der Waals surface area (Å²) in [5.41, 5.74) is 11.9. The molecule has 1 aliphatic rings. The van der Waals surface area contributed by atoms with Crippen LogP contribution < -0.4 is 27.4 Å². The van der Waals surface area contributed by atoms with Crippen molar-refractivity contribution in [3.8, 4) is 5.75 Å². The molecule has 58 heavy (non-hydrogen) atoms. The lowest BCUT2D eigenvalue weighted by molar-refractivity contribution is -0.316. The number of esters is 4. The van der Waals surface area contributed by atoms with Gasteiger partial charge < -0.3 is 71.2 Å². The minimum absolute atomic E-state index is 0.123. The molecule has 23 heteroatoms. The molecular formula is C35H49N5O18. The van der Waals surface area contributed by atoms with E-state index in [1.807, 2.05) is 0 Å². The van der Waals surface area contributed by atoms with E-state index in [2.05, 4.69) is 16.0 Å². The number of nitrogens with one attached hydrogen (secondary N) is 3. The average Bonchev–Trinajstić information content (AvgIpc) is 3.10. The van der Waals surface area contributed by atoms with Crippen molar-refractivity contribution in [2.24, 2.45) is 11.5 Å². The van der Waals surface area contributed by atoms with Crippen LogP contribution in [0.5, 0.6) is 5.75 Å². The number of hydrogen-bond donors (Lipinski definition) is 8. The Hall–Kier alpha value is -5.91. The summed E-state index contributed by atoms with van der Waals surface area (Å²) in [5, 5.41) is 35.7. The molecule has 0 aliphatic carbocycles. The zero-order valence-electron chi connectivity index (χ0n) is 32.4. The molecule has 0 bridgehead atoms. The maximum absolute atomic E-state index is 13.6. The number of carbonyl (C=O) groups excluding carboxylic acids is 8. The van der Waals surface area contributed by atoms with Crippen LogP contribution in [0.4, 0.5) is 0 Å². The Labute approximate surface area is 331 Å². The molecule has 4 amide bonds. The second-order valence-electron chi connectivity index (χ2n) is 13.2. The second kappa shape index (κ2) is 22.1. The highest BCUT2D eigenvalue weighted by Gasteiger charge is 2.53. The number of carboxylic acids is 1. The number of benzene rings is 1. The Morgan fingerprint density at radius 2 is 1.28 bits per heavy atom. The van der Waals surface area contributed by atoms with Crippen molar-refractivity contribution < 1.29 is 86.9 Å². The summed E-state index contributed by atoms with van der Waals surface area (Å²) in [4.78, 5) is 112. The Morgan fingerprint density at radius 3 is 1.78 bits per heavy atom. The van der Waals surface area contributed by atoms with Gasteiger partial charge in [-0.2, -0.15) is 0 Å². The molecular weight excluding hydrogens is 778 g/mol. The molecule has 1 aromatic rings. The standard InChI is InChI=1S/C35H49N5O18/c1-14(41)27(34(51)52)40-32(49)22(11-20-7-9-21(46)10-8-20)38-31(48)23(12-25(36)47)39-33(50)26(37)15(2)54-35-30(57-19(6)45)29(56-18(5)44)28(55-17(4)43)24(58-35)13-53-16(3)42/h7-10,14-15,22-24,26-30,35,41,46H,11-13,37H2,1-6H3,(H2,36,47)(H,38,48)(H,39,50)(H,40,49)(H,51,52)/t14-,15-,22+,23+,24-,26+,27+,28-,29+,30-,35-/m1/s1. The number of aliphatic hydroxyl groups is 1. The predicted octanol–water partition coefficient (Wildman–Crippen LogP) is -3.45. The van der Waals surface area contributed by atoms with E-state index < -0.39 is 134 Å². The van der Waals surface area contributed by atoms with Crippen LogP contribution >= 0.6 is 0 Å². The molecule has 322 valence electrons. The molecule has 11 atom stereocenters. The van der Waals surface area contributed by atoms with E-state index in [0.717, 1.165) is 34.6 Å². The Kier molecular flexibility index (Phi) is 18.4. The van der Waals surface area contributed by atoms with Gasteiger partial charge in [-0.05, 0) is 31.5 Å². The van der Waals surface area contributed by atoms with Gasteiger partial charge in [0.15, 0.2) is 30.6 Å². The highest BCUT2D eigenvalue weighted by Crippen LogP contribution is 2.31. The molecule has 0 spiro atoms. The molecule has 1 saturated heterocycles. The van der Waals surface area contributed by atoms with Gasteiger partial charge in [0.2, 0.25) is 23.6 Å². The average molecular weight is 828 g/mol. The molecule has 1 fully saturated rings. The van der Waals surface area contributed by atoms with Gasteiger partial charge in [0.1, 0.15) is 36.6 Å². The van der Waals surface area contributed by atoms with Gasteiger partial charge in [-0.3, -0.25) is 38.4 Å². The van der Waals surface area contributed by atoms with E-state index >= 15 is 0 Å². The molecule has 1 aliphatic heterocycles. The smallest absolute Gasteiger partial charge is 0.328 e. The molecule has 0 radical (unpaired) electrons. The monoisotopic (exact) mass is 827 g/mol. The first kappa shape index (κ1) is 48.2. The summed E-state index contributed by atoms with van der Waals surface area (Å²) in [5.74, 6) is -9.68. The third kappa shape index (κ3) is 15.2. The number of aliphatic hydroxyl groups excluding tert-OH is 1. The Bertz CT molecular complexity index is 1670. The van der Waals surface area contributed by atoms with Crippen molar-refractivity contribution in [1.29, 1.82) is 0 Å². The second-order valence-corrected chi connectivity index (χ2v) is 13.2. The molecule has 0 saturated carbocycles. The molecule has 2 rings (SSSR count). The van der Waals surface area contributed by atoms with E-state index in [1.165, 1.54) is 31.2 Å². The van der Waals surface area contributed by atoms with Crippen LogP contribution in [-0.4, -0.2) is 142 Å². The van der Waals surface area contributed by atoms with E-state index in [4.69, 9.17) is 39.9 Å². The number of ether oxygens (including phenoxy) is 6.